The van der Waals surface area contributed by atoms with Crippen molar-refractivity contribution in [3.05, 3.63) is 39.4 Å². The second-order valence-corrected chi connectivity index (χ2v) is 5.82. The number of fused-ring (bicyclic) bond motifs is 1. The van der Waals surface area contributed by atoms with E-state index in [1.165, 1.54) is 59.7 Å². The highest BCUT2D eigenvalue weighted by molar-refractivity contribution is 9.10. The number of allylic oxidation sites excluding steroid dienone is 1. The van der Waals surface area contributed by atoms with Crippen molar-refractivity contribution in [1.82, 2.24) is 0 Å². The highest BCUT2D eigenvalue weighted by Crippen LogP contribution is 2.28. The average Bonchev–Trinajstić information content (AvgIpc) is 2.76. The lowest BCUT2D eigenvalue weighted by Gasteiger charge is -2.09. The van der Waals surface area contributed by atoms with Crippen molar-refractivity contribution >= 4 is 22.0 Å². The van der Waals surface area contributed by atoms with E-state index >= 15 is 0 Å². The molecule has 0 saturated heterocycles. The summed E-state index contributed by atoms with van der Waals surface area (Å²) in [7, 11) is 0. The van der Waals surface area contributed by atoms with Gasteiger partial charge in [-0.2, -0.15) is 0 Å². The van der Waals surface area contributed by atoms with E-state index in [1.807, 2.05) is 0 Å². The van der Waals surface area contributed by atoms with E-state index in [4.69, 9.17) is 0 Å². The summed E-state index contributed by atoms with van der Waals surface area (Å²) in [6.07, 6.45) is 13.7. The highest BCUT2D eigenvalue weighted by atomic mass is 79.9. The number of rotatable bonds is 6. The molecule has 0 heterocycles. The van der Waals surface area contributed by atoms with Crippen LogP contribution in [0, 0.1) is 0 Å². The topological polar surface area (TPSA) is 0 Å². The van der Waals surface area contributed by atoms with Crippen molar-refractivity contribution in [2.75, 3.05) is 0 Å². The second-order valence-electron chi connectivity index (χ2n) is 4.91. The summed E-state index contributed by atoms with van der Waals surface area (Å²) >= 11 is 3.62. The number of hydrogen-bond donors (Lipinski definition) is 0. The molecule has 1 aromatic carbocycles. The Labute approximate surface area is 113 Å². The SMILES string of the molecule is CCCCCCCc1cc(Br)cc2c1C=CC2. The molecule has 0 radical (unpaired) electrons. The molecule has 0 nitrogen and oxygen atoms in total. The summed E-state index contributed by atoms with van der Waals surface area (Å²) in [4.78, 5) is 0. The monoisotopic (exact) mass is 292 g/mol. The first-order valence-corrected chi connectivity index (χ1v) is 7.58. The van der Waals surface area contributed by atoms with Crippen molar-refractivity contribution in [3.63, 3.8) is 0 Å². The lowest BCUT2D eigenvalue weighted by atomic mass is 9.98. The van der Waals surface area contributed by atoms with Crippen LogP contribution in [-0.2, 0) is 12.8 Å². The predicted molar refractivity (Wildman–Crippen MR) is 79.3 cm³/mol. The van der Waals surface area contributed by atoms with Crippen molar-refractivity contribution in [2.24, 2.45) is 0 Å². The third-order valence-electron chi connectivity index (χ3n) is 3.49. The lowest BCUT2D eigenvalue weighted by Crippen LogP contribution is -1.93. The number of halogens is 1. The van der Waals surface area contributed by atoms with Crippen LogP contribution >= 0.6 is 15.9 Å². The number of hydrogen-bond acceptors (Lipinski definition) is 0. The summed E-state index contributed by atoms with van der Waals surface area (Å²) < 4.78 is 1.24. The molecule has 0 fully saturated rings. The molecule has 2 rings (SSSR count). The van der Waals surface area contributed by atoms with Gasteiger partial charge in [-0.15, -0.1) is 0 Å². The molecule has 1 aliphatic carbocycles. The molecule has 0 aliphatic heterocycles. The Hall–Kier alpha value is -0.560. The smallest absolute Gasteiger partial charge is 0.0181 e. The molecule has 0 saturated carbocycles. The van der Waals surface area contributed by atoms with Crippen molar-refractivity contribution < 1.29 is 0 Å². The molecule has 1 heteroatoms. The van der Waals surface area contributed by atoms with Crippen molar-refractivity contribution in [3.8, 4) is 0 Å². The summed E-state index contributed by atoms with van der Waals surface area (Å²) in [5, 5.41) is 0. The second kappa shape index (κ2) is 6.39. The lowest BCUT2D eigenvalue weighted by molar-refractivity contribution is 0.632. The summed E-state index contributed by atoms with van der Waals surface area (Å²) in [5.41, 5.74) is 4.51. The molecule has 0 bridgehead atoms. The average molecular weight is 293 g/mol. The molecule has 1 aliphatic rings. The van der Waals surface area contributed by atoms with Gasteiger partial charge in [-0.3, -0.25) is 0 Å². The fourth-order valence-corrected chi connectivity index (χ4v) is 3.10. The van der Waals surface area contributed by atoms with Crippen molar-refractivity contribution in [2.45, 2.75) is 51.9 Å². The standard InChI is InChI=1S/C16H21Br/c1-2-3-4-5-6-8-13-11-15(17)12-14-9-7-10-16(13)14/h7,10-12H,2-6,8-9H2,1H3. The molecule has 0 unspecified atom stereocenters. The Kier molecular flexibility index (Phi) is 4.85. The maximum Gasteiger partial charge on any atom is 0.0181 e. The zero-order valence-electron chi connectivity index (χ0n) is 10.6. The van der Waals surface area contributed by atoms with Crippen LogP contribution < -0.4 is 0 Å². The molecule has 0 N–H and O–H groups in total. The Bertz CT molecular complexity index is 404. The van der Waals surface area contributed by atoms with E-state index in [0.717, 1.165) is 6.42 Å². The van der Waals surface area contributed by atoms with Crippen LogP contribution in [0.2, 0.25) is 0 Å². The van der Waals surface area contributed by atoms with Gasteiger partial charge in [0.05, 0.1) is 0 Å². The fraction of sp³-hybridized carbons (Fsp3) is 0.500. The van der Waals surface area contributed by atoms with Crippen molar-refractivity contribution in [1.29, 1.82) is 0 Å². The van der Waals surface area contributed by atoms with Crippen LogP contribution in [0.15, 0.2) is 22.7 Å². The Morgan fingerprint density at radius 1 is 1.12 bits per heavy atom. The summed E-state index contributed by atoms with van der Waals surface area (Å²) in [5.74, 6) is 0. The molecular formula is C16H21Br. The predicted octanol–water partition coefficient (Wildman–Crippen LogP) is 5.53. The van der Waals surface area contributed by atoms with Gasteiger partial charge in [0.1, 0.15) is 0 Å². The Balaban J connectivity index is 1.94. The third-order valence-corrected chi connectivity index (χ3v) is 3.95. The zero-order chi connectivity index (χ0) is 12.1. The van der Waals surface area contributed by atoms with E-state index in [2.05, 4.69) is 47.1 Å². The maximum absolute atomic E-state index is 3.62. The normalized spacial score (nSPS) is 13.1. The molecule has 1 aromatic rings. The Morgan fingerprint density at radius 3 is 2.76 bits per heavy atom. The minimum absolute atomic E-state index is 1.11. The van der Waals surface area contributed by atoms with Gasteiger partial charge in [-0.05, 0) is 48.1 Å². The molecular weight excluding hydrogens is 272 g/mol. The van der Waals surface area contributed by atoms with E-state index in [1.54, 1.807) is 0 Å². The van der Waals surface area contributed by atoms with Crippen LogP contribution in [0.5, 0.6) is 0 Å². The van der Waals surface area contributed by atoms with Crippen LogP contribution in [0.3, 0.4) is 0 Å². The fourth-order valence-electron chi connectivity index (χ4n) is 2.55. The molecule has 17 heavy (non-hydrogen) atoms. The number of benzene rings is 1. The quantitative estimate of drug-likeness (QED) is 0.605. The van der Waals surface area contributed by atoms with Gasteiger partial charge >= 0.3 is 0 Å². The van der Waals surface area contributed by atoms with Gasteiger partial charge in [0.2, 0.25) is 0 Å². The first-order chi connectivity index (χ1) is 8.31. The van der Waals surface area contributed by atoms with E-state index in [9.17, 15) is 0 Å². The minimum Gasteiger partial charge on any atom is -0.0795 e. The van der Waals surface area contributed by atoms with Gasteiger partial charge in [-0.25, -0.2) is 0 Å². The summed E-state index contributed by atoms with van der Waals surface area (Å²) in [6.45, 7) is 2.27. The number of aryl methyl sites for hydroxylation is 1. The first-order valence-electron chi connectivity index (χ1n) is 6.79. The van der Waals surface area contributed by atoms with Gasteiger partial charge in [-0.1, -0.05) is 60.7 Å². The van der Waals surface area contributed by atoms with E-state index < -0.39 is 0 Å². The van der Waals surface area contributed by atoms with Gasteiger partial charge < -0.3 is 0 Å². The van der Waals surface area contributed by atoms with Crippen LogP contribution in [0.1, 0.15) is 55.7 Å². The molecule has 0 aromatic heterocycles. The molecule has 92 valence electrons. The Morgan fingerprint density at radius 2 is 1.94 bits per heavy atom. The van der Waals surface area contributed by atoms with Crippen LogP contribution in [0.25, 0.3) is 6.08 Å². The minimum atomic E-state index is 1.11. The van der Waals surface area contributed by atoms with E-state index in [-0.39, 0.29) is 0 Å². The molecule has 0 atom stereocenters. The first kappa shape index (κ1) is 12.9. The van der Waals surface area contributed by atoms with Gasteiger partial charge in [0.25, 0.3) is 0 Å². The highest BCUT2D eigenvalue weighted by Gasteiger charge is 2.10. The maximum atomic E-state index is 3.62. The largest absolute Gasteiger partial charge is 0.0795 e. The van der Waals surface area contributed by atoms with E-state index in [0.29, 0.717) is 0 Å². The third kappa shape index (κ3) is 3.45. The summed E-state index contributed by atoms with van der Waals surface area (Å²) in [6, 6.07) is 4.56. The zero-order valence-corrected chi connectivity index (χ0v) is 12.2. The molecule has 0 amide bonds. The van der Waals surface area contributed by atoms with Crippen LogP contribution in [-0.4, -0.2) is 0 Å². The number of unbranched alkanes of at least 4 members (excludes halogenated alkanes) is 4. The molecule has 0 spiro atoms. The van der Waals surface area contributed by atoms with Crippen LogP contribution in [0.4, 0.5) is 0 Å². The van der Waals surface area contributed by atoms with Gasteiger partial charge in [0.15, 0.2) is 0 Å². The van der Waals surface area contributed by atoms with Gasteiger partial charge in [0, 0.05) is 4.47 Å².